The van der Waals surface area contributed by atoms with Gasteiger partial charge < -0.3 is 15.0 Å². The number of halogens is 1. The van der Waals surface area contributed by atoms with Gasteiger partial charge in [-0.1, -0.05) is 22.9 Å². The second-order valence-corrected chi connectivity index (χ2v) is 6.56. The molecule has 21 heavy (non-hydrogen) atoms. The van der Waals surface area contributed by atoms with Crippen molar-refractivity contribution in [1.29, 1.82) is 0 Å². The van der Waals surface area contributed by atoms with Crippen molar-refractivity contribution in [2.24, 2.45) is 0 Å². The number of hydrogen-bond donors (Lipinski definition) is 1. The van der Waals surface area contributed by atoms with E-state index in [1.807, 2.05) is 0 Å². The van der Waals surface area contributed by atoms with Crippen LogP contribution in [0.2, 0.25) is 0 Å². The van der Waals surface area contributed by atoms with E-state index >= 15 is 0 Å². The van der Waals surface area contributed by atoms with Gasteiger partial charge in [-0.05, 0) is 57.0 Å². The van der Waals surface area contributed by atoms with Gasteiger partial charge in [-0.25, -0.2) is 0 Å². The minimum absolute atomic E-state index is 0.356. The van der Waals surface area contributed by atoms with Crippen LogP contribution in [0.25, 0.3) is 0 Å². The molecule has 0 spiro atoms. The molecule has 1 aromatic rings. The minimum atomic E-state index is 0.356. The van der Waals surface area contributed by atoms with Gasteiger partial charge >= 0.3 is 0 Å². The molecule has 3 nitrogen and oxygen atoms in total. The van der Waals surface area contributed by atoms with Gasteiger partial charge in [0.15, 0.2) is 0 Å². The number of benzene rings is 1. The molecule has 4 heteroatoms. The van der Waals surface area contributed by atoms with Gasteiger partial charge in [0.05, 0.1) is 6.10 Å². The molecule has 0 aliphatic carbocycles. The van der Waals surface area contributed by atoms with Gasteiger partial charge in [-0.3, -0.25) is 0 Å². The van der Waals surface area contributed by atoms with Crippen molar-refractivity contribution in [3.05, 3.63) is 28.2 Å². The second kappa shape index (κ2) is 8.16. The number of anilines is 1. The van der Waals surface area contributed by atoms with E-state index in [-0.39, 0.29) is 0 Å². The first-order chi connectivity index (χ1) is 10.2. The van der Waals surface area contributed by atoms with Crippen LogP contribution < -0.4 is 10.2 Å². The smallest absolute Gasteiger partial charge is 0.0750 e. The van der Waals surface area contributed by atoms with Crippen LogP contribution >= 0.6 is 15.9 Å². The standard InChI is InChI=1S/C17H27BrN2O/c1-4-19-13(3)16-11-14(18)8-9-17(16)20-10-6-7-15(12-20)21-5-2/h8-9,11,13,15,19H,4-7,10,12H2,1-3H3. The van der Waals surface area contributed by atoms with Crippen molar-refractivity contribution in [3.63, 3.8) is 0 Å². The molecule has 0 amide bonds. The molecule has 118 valence electrons. The lowest BCUT2D eigenvalue weighted by Gasteiger charge is -2.36. The van der Waals surface area contributed by atoms with Crippen molar-refractivity contribution in [1.82, 2.24) is 5.32 Å². The van der Waals surface area contributed by atoms with Crippen LogP contribution in [-0.2, 0) is 4.74 Å². The number of nitrogens with zero attached hydrogens (tertiary/aromatic N) is 1. The largest absolute Gasteiger partial charge is 0.377 e. The van der Waals surface area contributed by atoms with E-state index < -0.39 is 0 Å². The van der Waals surface area contributed by atoms with Crippen LogP contribution in [-0.4, -0.2) is 32.3 Å². The maximum absolute atomic E-state index is 5.84. The van der Waals surface area contributed by atoms with Crippen LogP contribution in [0.15, 0.2) is 22.7 Å². The van der Waals surface area contributed by atoms with Gasteiger partial charge in [0.25, 0.3) is 0 Å². The fourth-order valence-corrected chi connectivity index (χ4v) is 3.48. The fraction of sp³-hybridized carbons (Fsp3) is 0.647. The lowest BCUT2D eigenvalue weighted by Crippen LogP contribution is -2.40. The highest BCUT2D eigenvalue weighted by molar-refractivity contribution is 9.10. The van der Waals surface area contributed by atoms with Crippen LogP contribution in [0, 0.1) is 0 Å². The molecular formula is C17H27BrN2O. The average molecular weight is 355 g/mol. The quantitative estimate of drug-likeness (QED) is 0.831. The molecule has 2 atom stereocenters. The summed E-state index contributed by atoms with van der Waals surface area (Å²) in [5.74, 6) is 0. The lowest BCUT2D eigenvalue weighted by atomic mass is 10.0. The Hall–Kier alpha value is -0.580. The Kier molecular flexibility index (Phi) is 6.52. The van der Waals surface area contributed by atoms with Gasteiger partial charge in [0.1, 0.15) is 0 Å². The van der Waals surface area contributed by atoms with Crippen LogP contribution in [0.1, 0.15) is 45.2 Å². The topological polar surface area (TPSA) is 24.5 Å². The number of nitrogens with one attached hydrogen (secondary N) is 1. The monoisotopic (exact) mass is 354 g/mol. The maximum Gasteiger partial charge on any atom is 0.0750 e. The Balaban J connectivity index is 2.21. The molecule has 0 saturated carbocycles. The van der Waals surface area contributed by atoms with E-state index in [1.165, 1.54) is 24.1 Å². The molecule has 1 N–H and O–H groups in total. The van der Waals surface area contributed by atoms with Crippen molar-refractivity contribution < 1.29 is 4.74 Å². The van der Waals surface area contributed by atoms with E-state index in [0.29, 0.717) is 12.1 Å². The first kappa shape index (κ1) is 16.8. The highest BCUT2D eigenvalue weighted by Gasteiger charge is 2.23. The highest BCUT2D eigenvalue weighted by atomic mass is 79.9. The maximum atomic E-state index is 5.84. The Morgan fingerprint density at radius 2 is 2.24 bits per heavy atom. The summed E-state index contributed by atoms with van der Waals surface area (Å²) >= 11 is 3.61. The van der Waals surface area contributed by atoms with E-state index in [0.717, 1.165) is 30.7 Å². The zero-order valence-electron chi connectivity index (χ0n) is 13.4. The van der Waals surface area contributed by atoms with Gasteiger partial charge in [0, 0.05) is 35.9 Å². The van der Waals surface area contributed by atoms with E-state index in [1.54, 1.807) is 0 Å². The molecule has 0 radical (unpaired) electrons. The predicted molar refractivity (Wildman–Crippen MR) is 93.1 cm³/mol. The number of ether oxygens (including phenoxy) is 1. The number of rotatable bonds is 6. The molecule has 2 unspecified atom stereocenters. The normalized spacial score (nSPS) is 20.6. The first-order valence-electron chi connectivity index (χ1n) is 8.05. The highest BCUT2D eigenvalue weighted by Crippen LogP contribution is 2.31. The number of piperidine rings is 1. The van der Waals surface area contributed by atoms with Gasteiger partial charge in [0.2, 0.25) is 0 Å². The number of hydrogen-bond acceptors (Lipinski definition) is 3. The summed E-state index contributed by atoms with van der Waals surface area (Å²) in [6.45, 7) is 10.4. The predicted octanol–water partition coefficient (Wildman–Crippen LogP) is 4.12. The summed E-state index contributed by atoms with van der Waals surface area (Å²) in [5.41, 5.74) is 2.71. The van der Waals surface area contributed by atoms with Gasteiger partial charge in [-0.15, -0.1) is 0 Å². The minimum Gasteiger partial charge on any atom is -0.377 e. The SMILES string of the molecule is CCNC(C)c1cc(Br)ccc1N1CCCC(OCC)C1. The Labute approximate surface area is 137 Å². The first-order valence-corrected chi connectivity index (χ1v) is 8.84. The van der Waals surface area contributed by atoms with Crippen LogP contribution in [0.5, 0.6) is 0 Å². The van der Waals surface area contributed by atoms with Crippen molar-refractivity contribution >= 4 is 21.6 Å². The molecule has 1 saturated heterocycles. The Morgan fingerprint density at radius 3 is 2.95 bits per heavy atom. The Bertz CT molecular complexity index is 450. The van der Waals surface area contributed by atoms with E-state index in [4.69, 9.17) is 4.74 Å². The zero-order valence-corrected chi connectivity index (χ0v) is 14.9. The summed E-state index contributed by atoms with van der Waals surface area (Å²) in [5, 5.41) is 3.53. The molecule has 1 aromatic carbocycles. The molecule has 1 aliphatic heterocycles. The molecule has 0 aromatic heterocycles. The molecule has 2 rings (SSSR count). The Morgan fingerprint density at radius 1 is 1.43 bits per heavy atom. The van der Waals surface area contributed by atoms with Gasteiger partial charge in [-0.2, -0.15) is 0 Å². The molecule has 1 fully saturated rings. The summed E-state index contributed by atoms with van der Waals surface area (Å²) in [7, 11) is 0. The summed E-state index contributed by atoms with van der Waals surface area (Å²) in [4.78, 5) is 2.49. The lowest BCUT2D eigenvalue weighted by molar-refractivity contribution is 0.0526. The third kappa shape index (κ3) is 4.44. The third-order valence-electron chi connectivity index (χ3n) is 4.09. The zero-order chi connectivity index (χ0) is 15.2. The van der Waals surface area contributed by atoms with Crippen LogP contribution in [0.3, 0.4) is 0 Å². The fourth-order valence-electron chi connectivity index (χ4n) is 3.11. The van der Waals surface area contributed by atoms with E-state index in [2.05, 4.69) is 65.1 Å². The summed E-state index contributed by atoms with van der Waals surface area (Å²) < 4.78 is 6.98. The molecule has 1 aliphatic rings. The summed E-state index contributed by atoms with van der Waals surface area (Å²) in [6, 6.07) is 6.98. The van der Waals surface area contributed by atoms with Crippen LogP contribution in [0.4, 0.5) is 5.69 Å². The van der Waals surface area contributed by atoms with Crippen molar-refractivity contribution in [3.8, 4) is 0 Å². The summed E-state index contributed by atoms with van der Waals surface area (Å²) in [6.07, 6.45) is 2.75. The second-order valence-electron chi connectivity index (χ2n) is 5.65. The third-order valence-corrected chi connectivity index (χ3v) is 4.58. The molecular weight excluding hydrogens is 328 g/mol. The van der Waals surface area contributed by atoms with E-state index in [9.17, 15) is 0 Å². The molecule has 1 heterocycles. The van der Waals surface area contributed by atoms with Crippen molar-refractivity contribution in [2.45, 2.75) is 45.8 Å². The van der Waals surface area contributed by atoms with Crippen molar-refractivity contribution in [2.75, 3.05) is 31.1 Å². The molecule has 0 bridgehead atoms. The average Bonchev–Trinajstić information content (AvgIpc) is 2.48.